The van der Waals surface area contributed by atoms with Crippen LogP contribution >= 0.6 is 11.3 Å². The molecule has 0 unspecified atom stereocenters. The second kappa shape index (κ2) is 8.19. The zero-order valence-corrected chi connectivity index (χ0v) is 15.9. The number of nitrogens with one attached hydrogen (secondary N) is 1. The molecular weight excluding hydrogens is 348 g/mol. The number of carbonyl (C=O) groups excluding carboxylic acids is 1. The highest BCUT2D eigenvalue weighted by atomic mass is 32.1. The summed E-state index contributed by atoms with van der Waals surface area (Å²) >= 11 is 1.47. The van der Waals surface area contributed by atoms with Crippen LogP contribution in [0, 0.1) is 0 Å². The average molecular weight is 370 g/mol. The van der Waals surface area contributed by atoms with Crippen LogP contribution in [0.5, 0.6) is 11.5 Å². The monoisotopic (exact) mass is 370 g/mol. The van der Waals surface area contributed by atoms with Crippen LogP contribution in [0.25, 0.3) is 10.2 Å². The van der Waals surface area contributed by atoms with Crippen LogP contribution in [0.1, 0.15) is 32.3 Å². The van der Waals surface area contributed by atoms with E-state index in [0.29, 0.717) is 23.4 Å². The number of anilines is 1. The van der Waals surface area contributed by atoms with Gasteiger partial charge in [0.05, 0.1) is 16.8 Å². The van der Waals surface area contributed by atoms with Gasteiger partial charge in [-0.1, -0.05) is 31.3 Å². The second-order valence-corrected chi connectivity index (χ2v) is 7.17. The van der Waals surface area contributed by atoms with E-state index in [2.05, 4.69) is 36.3 Å². The van der Waals surface area contributed by atoms with Crippen molar-refractivity contribution in [1.29, 1.82) is 0 Å². The number of rotatable bonds is 7. The quantitative estimate of drug-likeness (QED) is 0.647. The van der Waals surface area contributed by atoms with Gasteiger partial charge < -0.3 is 9.47 Å². The molecule has 2 aromatic carbocycles. The molecule has 0 aliphatic carbocycles. The maximum atomic E-state index is 12.1. The van der Waals surface area contributed by atoms with Gasteiger partial charge in [0.15, 0.2) is 11.7 Å². The van der Waals surface area contributed by atoms with Crippen LogP contribution in [0.2, 0.25) is 0 Å². The summed E-state index contributed by atoms with van der Waals surface area (Å²) in [4.78, 5) is 16.6. The molecule has 3 aromatic rings. The van der Waals surface area contributed by atoms with Crippen LogP contribution < -0.4 is 14.8 Å². The predicted octanol–water partition coefficient (Wildman–Crippen LogP) is 4.84. The van der Waals surface area contributed by atoms with E-state index in [9.17, 15) is 4.79 Å². The largest absolute Gasteiger partial charge is 0.494 e. The molecule has 0 bridgehead atoms. The summed E-state index contributed by atoms with van der Waals surface area (Å²) in [7, 11) is 0. The van der Waals surface area contributed by atoms with Crippen molar-refractivity contribution < 1.29 is 14.3 Å². The van der Waals surface area contributed by atoms with Crippen molar-refractivity contribution in [3.8, 4) is 11.5 Å². The SMILES string of the molecule is CCOc1ccc(OCC(=O)Nc2nc3ccc(C(C)C)cc3s2)cc1. The lowest BCUT2D eigenvalue weighted by Crippen LogP contribution is -2.19. The lowest BCUT2D eigenvalue weighted by Gasteiger charge is -2.07. The van der Waals surface area contributed by atoms with Crippen LogP contribution in [0.4, 0.5) is 5.13 Å². The molecule has 0 saturated carbocycles. The van der Waals surface area contributed by atoms with Crippen molar-refractivity contribution in [1.82, 2.24) is 4.98 Å². The van der Waals surface area contributed by atoms with Crippen LogP contribution in [0.3, 0.4) is 0 Å². The van der Waals surface area contributed by atoms with E-state index in [0.717, 1.165) is 16.0 Å². The van der Waals surface area contributed by atoms with E-state index >= 15 is 0 Å². The smallest absolute Gasteiger partial charge is 0.264 e. The first kappa shape index (κ1) is 18.2. The number of hydrogen-bond acceptors (Lipinski definition) is 5. The Morgan fingerprint density at radius 3 is 2.46 bits per heavy atom. The number of hydrogen-bond donors (Lipinski definition) is 1. The molecule has 0 saturated heterocycles. The van der Waals surface area contributed by atoms with Crippen molar-refractivity contribution in [3.05, 3.63) is 48.0 Å². The Morgan fingerprint density at radius 2 is 1.81 bits per heavy atom. The minimum Gasteiger partial charge on any atom is -0.494 e. The van der Waals surface area contributed by atoms with Gasteiger partial charge in [0.1, 0.15) is 11.5 Å². The highest BCUT2D eigenvalue weighted by Crippen LogP contribution is 2.29. The Labute approximate surface area is 157 Å². The molecule has 0 radical (unpaired) electrons. The molecule has 1 amide bonds. The van der Waals surface area contributed by atoms with E-state index in [1.54, 1.807) is 12.1 Å². The van der Waals surface area contributed by atoms with E-state index in [1.807, 2.05) is 25.1 Å². The lowest BCUT2D eigenvalue weighted by molar-refractivity contribution is -0.118. The molecule has 26 heavy (non-hydrogen) atoms. The molecule has 0 aliphatic heterocycles. The topological polar surface area (TPSA) is 60.5 Å². The number of ether oxygens (including phenoxy) is 2. The van der Waals surface area contributed by atoms with E-state index in [1.165, 1.54) is 16.9 Å². The maximum Gasteiger partial charge on any atom is 0.264 e. The van der Waals surface area contributed by atoms with E-state index < -0.39 is 0 Å². The Balaban J connectivity index is 1.58. The molecular formula is C20H22N2O3S. The van der Waals surface area contributed by atoms with Gasteiger partial charge in [-0.05, 0) is 54.8 Å². The third-order valence-electron chi connectivity index (χ3n) is 3.83. The van der Waals surface area contributed by atoms with Crippen LogP contribution in [-0.2, 0) is 4.79 Å². The Bertz CT molecular complexity index is 888. The third-order valence-corrected chi connectivity index (χ3v) is 4.76. The average Bonchev–Trinajstić information content (AvgIpc) is 3.02. The van der Waals surface area contributed by atoms with Gasteiger partial charge in [0.25, 0.3) is 5.91 Å². The van der Waals surface area contributed by atoms with Crippen LogP contribution in [0.15, 0.2) is 42.5 Å². The summed E-state index contributed by atoms with van der Waals surface area (Å²) in [5.41, 5.74) is 2.15. The number of nitrogens with zero attached hydrogens (tertiary/aromatic N) is 1. The van der Waals surface area contributed by atoms with Gasteiger partial charge in [-0.2, -0.15) is 0 Å². The summed E-state index contributed by atoms with van der Waals surface area (Å²) < 4.78 is 12.0. The highest BCUT2D eigenvalue weighted by Gasteiger charge is 2.10. The maximum absolute atomic E-state index is 12.1. The standard InChI is InChI=1S/C20H22N2O3S/c1-4-24-15-6-8-16(9-7-15)25-12-19(23)22-20-21-17-10-5-14(13(2)3)11-18(17)26-20/h5-11,13H,4,12H2,1-3H3,(H,21,22,23). The number of amides is 1. The molecule has 3 rings (SSSR count). The third kappa shape index (κ3) is 4.52. The number of carbonyl (C=O) groups is 1. The van der Waals surface area contributed by atoms with Crippen molar-refractivity contribution in [3.63, 3.8) is 0 Å². The molecule has 6 heteroatoms. The molecule has 0 fully saturated rings. The minimum atomic E-state index is -0.234. The van der Waals surface area contributed by atoms with Crippen LogP contribution in [-0.4, -0.2) is 24.1 Å². The van der Waals surface area contributed by atoms with Gasteiger partial charge >= 0.3 is 0 Å². The predicted molar refractivity (Wildman–Crippen MR) is 105 cm³/mol. The second-order valence-electron chi connectivity index (χ2n) is 6.14. The molecule has 1 N–H and O–H groups in total. The summed E-state index contributed by atoms with van der Waals surface area (Å²) in [6.07, 6.45) is 0. The first-order chi connectivity index (χ1) is 12.5. The van der Waals surface area contributed by atoms with Gasteiger partial charge in [0.2, 0.25) is 0 Å². The fourth-order valence-electron chi connectivity index (χ4n) is 2.46. The van der Waals surface area contributed by atoms with Crippen molar-refractivity contribution in [2.24, 2.45) is 0 Å². The molecule has 0 atom stereocenters. The van der Waals surface area contributed by atoms with E-state index in [4.69, 9.17) is 9.47 Å². The Morgan fingerprint density at radius 1 is 1.12 bits per heavy atom. The molecule has 0 aliphatic rings. The Kier molecular flexibility index (Phi) is 5.73. The highest BCUT2D eigenvalue weighted by molar-refractivity contribution is 7.22. The summed E-state index contributed by atoms with van der Waals surface area (Å²) in [6, 6.07) is 13.4. The van der Waals surface area contributed by atoms with Crippen molar-refractivity contribution in [2.75, 3.05) is 18.5 Å². The van der Waals surface area contributed by atoms with Crippen molar-refractivity contribution in [2.45, 2.75) is 26.7 Å². The summed E-state index contributed by atoms with van der Waals surface area (Å²) in [5, 5.41) is 3.39. The molecule has 1 aromatic heterocycles. The zero-order valence-electron chi connectivity index (χ0n) is 15.1. The van der Waals surface area contributed by atoms with E-state index in [-0.39, 0.29) is 12.5 Å². The van der Waals surface area contributed by atoms with Gasteiger partial charge in [-0.3, -0.25) is 10.1 Å². The molecule has 5 nitrogen and oxygen atoms in total. The fourth-order valence-corrected chi connectivity index (χ4v) is 3.39. The van der Waals surface area contributed by atoms with Gasteiger partial charge in [0, 0.05) is 0 Å². The van der Waals surface area contributed by atoms with Crippen molar-refractivity contribution >= 4 is 32.6 Å². The lowest BCUT2D eigenvalue weighted by atomic mass is 10.0. The fraction of sp³-hybridized carbons (Fsp3) is 0.300. The summed E-state index contributed by atoms with van der Waals surface area (Å²) in [5.74, 6) is 1.62. The van der Waals surface area contributed by atoms with Gasteiger partial charge in [-0.15, -0.1) is 0 Å². The van der Waals surface area contributed by atoms with Gasteiger partial charge in [-0.25, -0.2) is 4.98 Å². The molecule has 136 valence electrons. The minimum absolute atomic E-state index is 0.0683. The summed E-state index contributed by atoms with van der Waals surface area (Å²) in [6.45, 7) is 6.79. The first-order valence-corrected chi connectivity index (χ1v) is 9.43. The molecule has 1 heterocycles. The number of benzene rings is 2. The first-order valence-electron chi connectivity index (χ1n) is 8.61. The molecule has 0 spiro atoms. The number of aromatic nitrogens is 1. The number of thiazole rings is 1. The number of fused-ring (bicyclic) bond motifs is 1. The normalized spacial score (nSPS) is 10.9. The zero-order chi connectivity index (χ0) is 18.5. The Hall–Kier alpha value is -2.60.